The average Bonchev–Trinajstić information content (AvgIpc) is 3.37. The maximum atomic E-state index is 13.8. The molecule has 0 radical (unpaired) electrons. The summed E-state index contributed by atoms with van der Waals surface area (Å²) in [5, 5.41) is 12.7. The molecule has 2 aromatic carbocycles. The Hall–Kier alpha value is -4.33. The van der Waals surface area contributed by atoms with Crippen molar-refractivity contribution in [3.8, 4) is 5.75 Å². The largest absolute Gasteiger partial charge is 0.497 e. The number of allylic oxidation sites excluding steroid dienone is 1. The van der Waals surface area contributed by atoms with Gasteiger partial charge < -0.3 is 19.6 Å². The molecule has 0 spiro atoms. The van der Waals surface area contributed by atoms with E-state index in [1.807, 2.05) is 48.5 Å². The molecule has 0 saturated carbocycles. The van der Waals surface area contributed by atoms with Crippen molar-refractivity contribution in [2.75, 3.05) is 17.3 Å². The lowest BCUT2D eigenvalue weighted by molar-refractivity contribution is -0.138. The highest BCUT2D eigenvalue weighted by Crippen LogP contribution is 2.47. The van der Waals surface area contributed by atoms with E-state index in [2.05, 4.69) is 5.32 Å². The van der Waals surface area contributed by atoms with E-state index >= 15 is 0 Å². The first-order valence-corrected chi connectivity index (χ1v) is 11.8. The molecule has 0 saturated heterocycles. The van der Waals surface area contributed by atoms with E-state index in [0.29, 0.717) is 29.1 Å². The number of carbonyl (C=O) groups excluding carboxylic acids is 2. The van der Waals surface area contributed by atoms with Crippen LogP contribution >= 0.6 is 0 Å². The summed E-state index contributed by atoms with van der Waals surface area (Å²) < 4.78 is 10.9. The van der Waals surface area contributed by atoms with Gasteiger partial charge >= 0.3 is 5.97 Å². The second kappa shape index (κ2) is 9.73. The van der Waals surface area contributed by atoms with Crippen molar-refractivity contribution in [2.24, 2.45) is 0 Å². The summed E-state index contributed by atoms with van der Waals surface area (Å²) in [4.78, 5) is 40.3. The number of hydrogen-bond donors (Lipinski definition) is 2. The number of para-hydroxylation sites is 2. The standard InChI is InChI=1S/C28H26N2O6/c1-35-19-10-8-17(9-11-19)28-27-21(15-18(16-23(27)31)24-7-4-14-36-24)29-20-5-2-3-6-22(20)30(28)25(32)12-13-26(33)34/h2-11,14,18,28-29H,12-13,15-16H2,1H3,(H,33,34)/t18-,28+/m1/s1. The number of amides is 1. The normalized spacial score (nSPS) is 19.1. The highest BCUT2D eigenvalue weighted by atomic mass is 16.5. The van der Waals surface area contributed by atoms with Crippen molar-refractivity contribution in [3.05, 3.63) is 89.5 Å². The summed E-state index contributed by atoms with van der Waals surface area (Å²) in [7, 11) is 1.57. The molecule has 184 valence electrons. The van der Waals surface area contributed by atoms with Crippen LogP contribution in [0.1, 0.15) is 49.0 Å². The number of nitrogens with zero attached hydrogens (tertiary/aromatic N) is 1. The molecule has 8 heteroatoms. The van der Waals surface area contributed by atoms with Crippen LogP contribution in [0.5, 0.6) is 5.75 Å². The van der Waals surface area contributed by atoms with E-state index in [-0.39, 0.29) is 36.9 Å². The number of benzene rings is 2. The number of carboxylic acid groups (broad SMARTS) is 1. The summed E-state index contributed by atoms with van der Waals surface area (Å²) in [5.41, 5.74) is 3.23. The fraction of sp³-hybridized carbons (Fsp3) is 0.250. The number of Topliss-reactive ketones (excluding diaryl/α,β-unsaturated/α-hetero) is 1. The average molecular weight is 487 g/mol. The molecule has 0 bridgehead atoms. The third kappa shape index (κ3) is 4.37. The van der Waals surface area contributed by atoms with E-state index < -0.39 is 12.0 Å². The second-order valence-corrected chi connectivity index (χ2v) is 8.91. The predicted octanol–water partition coefficient (Wildman–Crippen LogP) is 5.05. The molecule has 36 heavy (non-hydrogen) atoms. The molecule has 2 atom stereocenters. The number of aliphatic carboxylic acids is 1. The van der Waals surface area contributed by atoms with Gasteiger partial charge in [-0.2, -0.15) is 0 Å². The number of hydrogen-bond acceptors (Lipinski definition) is 6. The van der Waals surface area contributed by atoms with Gasteiger partial charge in [0.05, 0.1) is 37.2 Å². The van der Waals surface area contributed by atoms with Gasteiger partial charge in [0.25, 0.3) is 0 Å². The molecule has 1 aliphatic heterocycles. The van der Waals surface area contributed by atoms with Crippen LogP contribution in [0.15, 0.2) is 82.6 Å². The van der Waals surface area contributed by atoms with Crippen LogP contribution in [0, 0.1) is 0 Å². The molecule has 5 rings (SSSR count). The molecule has 2 N–H and O–H groups in total. The van der Waals surface area contributed by atoms with E-state index in [1.54, 1.807) is 30.4 Å². The summed E-state index contributed by atoms with van der Waals surface area (Å²) in [6.07, 6.45) is 1.88. The minimum absolute atomic E-state index is 0.0881. The second-order valence-electron chi connectivity index (χ2n) is 8.91. The van der Waals surface area contributed by atoms with Crippen molar-refractivity contribution < 1.29 is 28.6 Å². The van der Waals surface area contributed by atoms with Gasteiger partial charge in [-0.15, -0.1) is 0 Å². The van der Waals surface area contributed by atoms with Gasteiger partial charge in [0.1, 0.15) is 11.5 Å². The van der Waals surface area contributed by atoms with Crippen molar-refractivity contribution in [3.63, 3.8) is 0 Å². The van der Waals surface area contributed by atoms with Crippen LogP contribution in [0.2, 0.25) is 0 Å². The van der Waals surface area contributed by atoms with Crippen LogP contribution in [0.4, 0.5) is 11.4 Å². The van der Waals surface area contributed by atoms with Crippen LogP contribution in [-0.2, 0) is 14.4 Å². The minimum atomic E-state index is -1.06. The Labute approximate surface area is 208 Å². The van der Waals surface area contributed by atoms with Crippen molar-refractivity contribution in [1.29, 1.82) is 0 Å². The zero-order valence-corrected chi connectivity index (χ0v) is 19.8. The van der Waals surface area contributed by atoms with Crippen LogP contribution < -0.4 is 15.0 Å². The topological polar surface area (TPSA) is 109 Å². The minimum Gasteiger partial charge on any atom is -0.497 e. The van der Waals surface area contributed by atoms with Gasteiger partial charge in [0, 0.05) is 30.0 Å². The molecule has 0 unspecified atom stereocenters. The first-order chi connectivity index (χ1) is 17.5. The number of furan rings is 1. The van der Waals surface area contributed by atoms with Gasteiger partial charge in [-0.3, -0.25) is 19.3 Å². The highest BCUT2D eigenvalue weighted by molar-refractivity contribution is 6.06. The Bertz CT molecular complexity index is 1330. The first-order valence-electron chi connectivity index (χ1n) is 11.8. The first kappa shape index (κ1) is 23.4. The fourth-order valence-corrected chi connectivity index (χ4v) is 5.03. The summed E-state index contributed by atoms with van der Waals surface area (Å²) in [6, 6.07) is 17.6. The van der Waals surface area contributed by atoms with Gasteiger partial charge in [-0.05, 0) is 48.4 Å². The number of anilines is 2. The van der Waals surface area contributed by atoms with Crippen molar-refractivity contribution in [2.45, 2.75) is 37.6 Å². The third-order valence-electron chi connectivity index (χ3n) is 6.69. The monoisotopic (exact) mass is 486 g/mol. The fourth-order valence-electron chi connectivity index (χ4n) is 5.03. The molecule has 2 aliphatic rings. The Morgan fingerprint density at radius 2 is 1.83 bits per heavy atom. The molecular formula is C28H26N2O6. The Morgan fingerprint density at radius 3 is 2.53 bits per heavy atom. The lowest BCUT2D eigenvalue weighted by atomic mass is 9.80. The number of fused-ring (bicyclic) bond motifs is 1. The molecule has 1 aliphatic carbocycles. The number of carbonyl (C=O) groups is 3. The molecule has 8 nitrogen and oxygen atoms in total. The summed E-state index contributed by atoms with van der Waals surface area (Å²) in [6.45, 7) is 0. The number of nitrogens with one attached hydrogen (secondary N) is 1. The van der Waals surface area contributed by atoms with Crippen LogP contribution in [-0.4, -0.2) is 29.9 Å². The highest BCUT2D eigenvalue weighted by Gasteiger charge is 2.42. The molecule has 1 aromatic heterocycles. The molecule has 0 fully saturated rings. The van der Waals surface area contributed by atoms with Gasteiger partial charge in [0.2, 0.25) is 5.91 Å². The molecule has 3 aromatic rings. The zero-order valence-electron chi connectivity index (χ0n) is 19.8. The zero-order chi connectivity index (χ0) is 25.2. The number of ether oxygens (including phenoxy) is 1. The number of methoxy groups -OCH3 is 1. The number of rotatable bonds is 6. The van der Waals surface area contributed by atoms with Crippen LogP contribution in [0.3, 0.4) is 0 Å². The van der Waals surface area contributed by atoms with Gasteiger partial charge in [0.15, 0.2) is 5.78 Å². The predicted molar refractivity (Wildman–Crippen MR) is 133 cm³/mol. The Balaban J connectivity index is 1.68. The number of ketones is 1. The van der Waals surface area contributed by atoms with Gasteiger partial charge in [-0.25, -0.2) is 0 Å². The van der Waals surface area contributed by atoms with Crippen molar-refractivity contribution in [1.82, 2.24) is 0 Å². The molecule has 2 heterocycles. The Kier molecular flexibility index (Phi) is 6.33. The summed E-state index contributed by atoms with van der Waals surface area (Å²) >= 11 is 0. The summed E-state index contributed by atoms with van der Waals surface area (Å²) in [5.74, 6) is -0.254. The molecule has 1 amide bonds. The quantitative estimate of drug-likeness (QED) is 0.502. The smallest absolute Gasteiger partial charge is 0.303 e. The third-order valence-corrected chi connectivity index (χ3v) is 6.69. The van der Waals surface area contributed by atoms with E-state index in [9.17, 15) is 19.5 Å². The lowest BCUT2D eigenvalue weighted by Crippen LogP contribution is -2.38. The lowest BCUT2D eigenvalue weighted by Gasteiger charge is -2.35. The van der Waals surface area contributed by atoms with Crippen LogP contribution in [0.25, 0.3) is 0 Å². The van der Waals surface area contributed by atoms with Crippen molar-refractivity contribution >= 4 is 29.0 Å². The Morgan fingerprint density at radius 1 is 1.06 bits per heavy atom. The maximum Gasteiger partial charge on any atom is 0.303 e. The van der Waals surface area contributed by atoms with E-state index in [1.165, 1.54) is 0 Å². The number of carboxylic acids is 1. The van der Waals surface area contributed by atoms with E-state index in [0.717, 1.165) is 17.0 Å². The van der Waals surface area contributed by atoms with E-state index in [4.69, 9.17) is 9.15 Å². The molecular weight excluding hydrogens is 460 g/mol. The SMILES string of the molecule is COc1ccc([C@H]2C3=C(C[C@@H](c4ccco4)CC3=O)Nc3ccccc3N2C(=O)CCC(=O)O)cc1. The maximum absolute atomic E-state index is 13.8. The van der Waals surface area contributed by atoms with Gasteiger partial charge in [-0.1, -0.05) is 24.3 Å².